The zero-order valence-corrected chi connectivity index (χ0v) is 13.3. The van der Waals surface area contributed by atoms with Crippen molar-refractivity contribution < 1.29 is 4.79 Å². The number of carbonyl (C=O) groups is 1. The highest BCUT2D eigenvalue weighted by molar-refractivity contribution is 9.10. The first-order valence-corrected chi connectivity index (χ1v) is 7.04. The number of hydrogen-bond donors (Lipinski definition) is 0. The molecule has 0 atom stereocenters. The van der Waals surface area contributed by atoms with Crippen LogP contribution in [0.3, 0.4) is 0 Å². The van der Waals surface area contributed by atoms with Gasteiger partial charge in [0.1, 0.15) is 0 Å². The molecule has 0 saturated heterocycles. The van der Waals surface area contributed by atoms with Crippen molar-refractivity contribution in [3.63, 3.8) is 0 Å². The topological polar surface area (TPSA) is 34.9 Å². The second kappa shape index (κ2) is 5.47. The van der Waals surface area contributed by atoms with Crippen molar-refractivity contribution in [1.29, 1.82) is 0 Å². The molecule has 2 rings (SSSR count). The molecular formula is C14H14BrClN2O. The van der Waals surface area contributed by atoms with Crippen LogP contribution < -0.4 is 0 Å². The van der Waals surface area contributed by atoms with E-state index >= 15 is 0 Å². The van der Waals surface area contributed by atoms with Crippen molar-refractivity contribution in [2.75, 3.05) is 0 Å². The van der Waals surface area contributed by atoms with Gasteiger partial charge in [0.15, 0.2) is 5.78 Å². The SMILES string of the molecule is Cc1ccc(C(=O)Cc2c(Cl)c(C)nn2C)c(Br)c1. The fourth-order valence-electron chi connectivity index (χ4n) is 1.97. The number of benzene rings is 1. The van der Waals surface area contributed by atoms with Gasteiger partial charge in [-0.25, -0.2) is 0 Å². The van der Waals surface area contributed by atoms with Crippen molar-refractivity contribution in [3.8, 4) is 0 Å². The van der Waals surface area contributed by atoms with Crippen molar-refractivity contribution in [3.05, 3.63) is 50.2 Å². The Morgan fingerprint density at radius 2 is 2.11 bits per heavy atom. The molecule has 1 heterocycles. The van der Waals surface area contributed by atoms with Crippen LogP contribution in [0, 0.1) is 13.8 Å². The summed E-state index contributed by atoms with van der Waals surface area (Å²) in [4.78, 5) is 12.3. The summed E-state index contributed by atoms with van der Waals surface area (Å²) in [6.07, 6.45) is 0.248. The predicted molar refractivity (Wildman–Crippen MR) is 79.9 cm³/mol. The number of ketones is 1. The van der Waals surface area contributed by atoms with E-state index < -0.39 is 0 Å². The van der Waals surface area contributed by atoms with Gasteiger partial charge in [0.05, 0.1) is 22.8 Å². The average Bonchev–Trinajstić information content (AvgIpc) is 2.56. The molecule has 0 spiro atoms. The van der Waals surface area contributed by atoms with E-state index in [0.29, 0.717) is 10.6 Å². The minimum Gasteiger partial charge on any atom is -0.294 e. The molecule has 0 N–H and O–H groups in total. The highest BCUT2D eigenvalue weighted by Crippen LogP contribution is 2.24. The number of rotatable bonds is 3. The number of Topliss-reactive ketones (excluding diaryl/α,β-unsaturated/α-hetero) is 1. The Labute approximate surface area is 125 Å². The monoisotopic (exact) mass is 340 g/mol. The molecule has 0 radical (unpaired) electrons. The third kappa shape index (κ3) is 2.90. The van der Waals surface area contributed by atoms with Crippen LogP contribution in [0.4, 0.5) is 0 Å². The summed E-state index contributed by atoms with van der Waals surface area (Å²) >= 11 is 9.59. The molecule has 0 aliphatic rings. The molecular weight excluding hydrogens is 328 g/mol. The van der Waals surface area contributed by atoms with E-state index in [-0.39, 0.29) is 12.2 Å². The summed E-state index contributed by atoms with van der Waals surface area (Å²) in [5.41, 5.74) is 3.27. The first kappa shape index (κ1) is 14.3. The van der Waals surface area contributed by atoms with E-state index in [1.54, 1.807) is 11.7 Å². The molecule has 3 nitrogen and oxygen atoms in total. The van der Waals surface area contributed by atoms with Crippen LogP contribution in [-0.4, -0.2) is 15.6 Å². The zero-order valence-electron chi connectivity index (χ0n) is 11.0. The third-order valence-corrected chi connectivity index (χ3v) is 4.16. The van der Waals surface area contributed by atoms with Gasteiger partial charge in [-0.2, -0.15) is 5.10 Å². The molecule has 0 aliphatic carbocycles. The Balaban J connectivity index is 2.31. The number of nitrogens with zero attached hydrogens (tertiary/aromatic N) is 2. The molecule has 0 saturated carbocycles. The molecule has 19 heavy (non-hydrogen) atoms. The quantitative estimate of drug-likeness (QED) is 0.794. The van der Waals surface area contributed by atoms with Gasteiger partial charge in [-0.05, 0) is 31.5 Å². The van der Waals surface area contributed by atoms with Crippen molar-refractivity contribution in [2.24, 2.45) is 7.05 Å². The van der Waals surface area contributed by atoms with Gasteiger partial charge in [-0.3, -0.25) is 9.48 Å². The summed E-state index contributed by atoms with van der Waals surface area (Å²) in [6.45, 7) is 3.82. The number of aromatic nitrogens is 2. The van der Waals surface area contributed by atoms with Crippen LogP contribution in [0.25, 0.3) is 0 Å². The van der Waals surface area contributed by atoms with E-state index in [0.717, 1.165) is 21.4 Å². The van der Waals surface area contributed by atoms with Crippen molar-refractivity contribution in [1.82, 2.24) is 9.78 Å². The predicted octanol–water partition coefficient (Wildman–Crippen LogP) is 3.88. The Morgan fingerprint density at radius 3 is 2.63 bits per heavy atom. The number of carbonyl (C=O) groups excluding carboxylic acids is 1. The summed E-state index contributed by atoms with van der Waals surface area (Å²) in [7, 11) is 1.80. The molecule has 100 valence electrons. The minimum absolute atomic E-state index is 0.0248. The normalized spacial score (nSPS) is 10.8. The van der Waals surface area contributed by atoms with Crippen molar-refractivity contribution >= 4 is 33.3 Å². The highest BCUT2D eigenvalue weighted by atomic mass is 79.9. The van der Waals surface area contributed by atoms with Gasteiger partial charge >= 0.3 is 0 Å². The van der Waals surface area contributed by atoms with Gasteiger partial charge in [0.2, 0.25) is 0 Å². The van der Waals surface area contributed by atoms with Gasteiger partial charge in [-0.15, -0.1) is 0 Å². The van der Waals surface area contributed by atoms with Gasteiger partial charge in [0, 0.05) is 17.1 Å². The molecule has 0 fully saturated rings. The second-order valence-corrected chi connectivity index (χ2v) is 5.79. The van der Waals surface area contributed by atoms with E-state index in [2.05, 4.69) is 21.0 Å². The Hall–Kier alpha value is -1.13. The number of hydrogen-bond acceptors (Lipinski definition) is 2. The first-order valence-electron chi connectivity index (χ1n) is 5.87. The van der Waals surface area contributed by atoms with Crippen molar-refractivity contribution in [2.45, 2.75) is 20.3 Å². The van der Waals surface area contributed by atoms with E-state index in [1.165, 1.54) is 0 Å². The summed E-state index contributed by atoms with van der Waals surface area (Å²) < 4.78 is 2.48. The standard InChI is InChI=1S/C14H14BrClN2O/c1-8-4-5-10(11(15)6-8)13(19)7-12-14(16)9(2)17-18(12)3/h4-6H,7H2,1-3H3. The lowest BCUT2D eigenvalue weighted by atomic mass is 10.0. The molecule has 0 unspecified atom stereocenters. The summed E-state index contributed by atoms with van der Waals surface area (Å²) in [5, 5.41) is 4.78. The van der Waals surface area contributed by atoms with Gasteiger partial charge in [0.25, 0.3) is 0 Å². The van der Waals surface area contributed by atoms with E-state index in [4.69, 9.17) is 11.6 Å². The maximum absolute atomic E-state index is 12.3. The first-order chi connectivity index (χ1) is 8.90. The van der Waals surface area contributed by atoms with Crippen LogP contribution in [0.2, 0.25) is 5.02 Å². The van der Waals surface area contributed by atoms with Gasteiger partial charge < -0.3 is 0 Å². The number of halogens is 2. The van der Waals surface area contributed by atoms with Gasteiger partial charge in [-0.1, -0.05) is 33.6 Å². The minimum atomic E-state index is 0.0248. The zero-order chi connectivity index (χ0) is 14.2. The van der Waals surface area contributed by atoms with E-state index in [9.17, 15) is 4.79 Å². The Kier molecular flexibility index (Phi) is 4.11. The maximum atomic E-state index is 12.3. The second-order valence-electron chi connectivity index (χ2n) is 4.55. The third-order valence-electron chi connectivity index (χ3n) is 3.01. The van der Waals surface area contributed by atoms with Crippen LogP contribution in [0.15, 0.2) is 22.7 Å². The fraction of sp³-hybridized carbons (Fsp3) is 0.286. The lowest BCUT2D eigenvalue weighted by Gasteiger charge is -2.06. The number of aryl methyl sites for hydroxylation is 3. The fourth-order valence-corrected chi connectivity index (χ4v) is 2.91. The maximum Gasteiger partial charge on any atom is 0.169 e. The van der Waals surface area contributed by atoms with Crippen LogP contribution >= 0.6 is 27.5 Å². The Morgan fingerprint density at radius 1 is 1.42 bits per heavy atom. The Bertz CT molecular complexity index is 649. The van der Waals surface area contributed by atoms with Crippen LogP contribution in [0.1, 0.15) is 27.3 Å². The summed E-state index contributed by atoms with van der Waals surface area (Å²) in [5.74, 6) is 0.0248. The molecule has 0 aliphatic heterocycles. The largest absolute Gasteiger partial charge is 0.294 e. The molecule has 0 bridgehead atoms. The molecule has 1 aromatic heterocycles. The van der Waals surface area contributed by atoms with Crippen LogP contribution in [0.5, 0.6) is 0 Å². The lowest BCUT2D eigenvalue weighted by Crippen LogP contribution is -2.09. The lowest BCUT2D eigenvalue weighted by molar-refractivity contribution is 0.0990. The van der Waals surface area contributed by atoms with Crippen LogP contribution in [-0.2, 0) is 13.5 Å². The molecule has 2 aromatic rings. The molecule has 5 heteroatoms. The smallest absolute Gasteiger partial charge is 0.169 e. The molecule has 0 amide bonds. The van der Waals surface area contributed by atoms with E-state index in [1.807, 2.05) is 32.0 Å². The summed E-state index contributed by atoms with van der Waals surface area (Å²) in [6, 6.07) is 5.69. The average molecular weight is 342 g/mol. The molecule has 1 aromatic carbocycles. The highest BCUT2D eigenvalue weighted by Gasteiger charge is 2.17.